The summed E-state index contributed by atoms with van der Waals surface area (Å²) >= 11 is 0. The molecule has 0 radical (unpaired) electrons. The Kier molecular flexibility index (Phi) is 4.04. The van der Waals surface area contributed by atoms with Crippen molar-refractivity contribution < 1.29 is 14.1 Å². The molecule has 1 spiro atoms. The minimum absolute atomic E-state index is 0.0972. The van der Waals surface area contributed by atoms with E-state index in [9.17, 15) is 9.59 Å². The first-order valence-corrected chi connectivity index (χ1v) is 10.3. The Morgan fingerprint density at radius 1 is 1.15 bits per heavy atom. The maximum Gasteiger partial charge on any atom is 0.273 e. The van der Waals surface area contributed by atoms with E-state index in [2.05, 4.69) is 10.5 Å². The smallest absolute Gasteiger partial charge is 0.273 e. The van der Waals surface area contributed by atoms with Gasteiger partial charge in [0.2, 0.25) is 5.91 Å². The first kappa shape index (κ1) is 17.2. The molecule has 3 saturated carbocycles. The molecule has 3 aliphatic carbocycles. The monoisotopic (exact) mass is 372 g/mol. The Hall–Kier alpha value is -1.89. The normalized spacial score (nSPS) is 33.4. The largest absolute Gasteiger partial charge is 0.360 e. The zero-order valence-corrected chi connectivity index (χ0v) is 15.7. The quantitative estimate of drug-likeness (QED) is 0.839. The van der Waals surface area contributed by atoms with Gasteiger partial charge in [-0.1, -0.05) is 5.16 Å². The SMILES string of the molecule is NC1CC2(C1)CC(C(=O)N1CCC(NC(=O)c3cc(C4CC4)on3)CC1)C2. The molecule has 2 amide bonds. The van der Waals surface area contributed by atoms with Crippen molar-refractivity contribution in [3.05, 3.63) is 17.5 Å². The van der Waals surface area contributed by atoms with Gasteiger partial charge in [-0.05, 0) is 56.8 Å². The fraction of sp³-hybridized carbons (Fsp3) is 0.750. The molecule has 7 nitrogen and oxygen atoms in total. The predicted molar refractivity (Wildman–Crippen MR) is 97.9 cm³/mol. The van der Waals surface area contributed by atoms with Crippen LogP contribution in [0.3, 0.4) is 0 Å². The van der Waals surface area contributed by atoms with Crippen molar-refractivity contribution >= 4 is 11.8 Å². The van der Waals surface area contributed by atoms with Crippen molar-refractivity contribution in [3.8, 4) is 0 Å². The lowest BCUT2D eigenvalue weighted by atomic mass is 9.50. The van der Waals surface area contributed by atoms with Gasteiger partial charge in [0.1, 0.15) is 5.76 Å². The highest BCUT2D eigenvalue weighted by Gasteiger charge is 2.54. The molecule has 7 heteroatoms. The molecule has 2 heterocycles. The van der Waals surface area contributed by atoms with Crippen LogP contribution in [-0.2, 0) is 4.79 Å². The van der Waals surface area contributed by atoms with E-state index in [-0.39, 0.29) is 17.9 Å². The zero-order valence-electron chi connectivity index (χ0n) is 15.7. The molecule has 4 aliphatic rings. The second-order valence-corrected chi connectivity index (χ2v) is 9.24. The molecule has 0 atom stereocenters. The topological polar surface area (TPSA) is 101 Å². The molecule has 3 N–H and O–H groups in total. The lowest BCUT2D eigenvalue weighted by Crippen LogP contribution is -2.57. The third-order valence-corrected chi connectivity index (χ3v) is 6.98. The molecule has 0 unspecified atom stereocenters. The van der Waals surface area contributed by atoms with Crippen LogP contribution in [0.15, 0.2) is 10.6 Å². The second-order valence-electron chi connectivity index (χ2n) is 9.24. The number of hydrogen-bond acceptors (Lipinski definition) is 5. The van der Waals surface area contributed by atoms with Gasteiger partial charge in [-0.25, -0.2) is 0 Å². The van der Waals surface area contributed by atoms with Gasteiger partial charge >= 0.3 is 0 Å². The summed E-state index contributed by atoms with van der Waals surface area (Å²) in [5.74, 6) is 1.61. The van der Waals surface area contributed by atoms with Crippen LogP contribution in [0.5, 0.6) is 0 Å². The van der Waals surface area contributed by atoms with Crippen LogP contribution in [0, 0.1) is 11.3 Å². The highest BCUT2D eigenvalue weighted by Crippen LogP contribution is 2.58. The number of aromatic nitrogens is 1. The lowest BCUT2D eigenvalue weighted by Gasteiger charge is -2.57. The number of likely N-dealkylation sites (tertiary alicyclic amines) is 1. The molecule has 1 aliphatic heterocycles. The van der Waals surface area contributed by atoms with Crippen molar-refractivity contribution in [1.82, 2.24) is 15.4 Å². The number of piperidine rings is 1. The Balaban J connectivity index is 1.07. The van der Waals surface area contributed by atoms with Gasteiger partial charge in [-0.15, -0.1) is 0 Å². The van der Waals surface area contributed by atoms with Gasteiger partial charge in [-0.3, -0.25) is 9.59 Å². The fourth-order valence-electron chi connectivity index (χ4n) is 5.26. The van der Waals surface area contributed by atoms with Crippen molar-refractivity contribution in [2.24, 2.45) is 17.1 Å². The van der Waals surface area contributed by atoms with E-state index < -0.39 is 0 Å². The molecule has 0 bridgehead atoms. The number of hydrogen-bond donors (Lipinski definition) is 2. The minimum Gasteiger partial charge on any atom is -0.360 e. The summed E-state index contributed by atoms with van der Waals surface area (Å²) in [6.07, 6.45) is 8.07. The molecule has 27 heavy (non-hydrogen) atoms. The van der Waals surface area contributed by atoms with E-state index in [0.29, 0.717) is 29.0 Å². The van der Waals surface area contributed by atoms with Crippen LogP contribution in [-0.4, -0.2) is 47.0 Å². The van der Waals surface area contributed by atoms with Crippen molar-refractivity contribution in [1.29, 1.82) is 0 Å². The van der Waals surface area contributed by atoms with Gasteiger partial charge in [0, 0.05) is 43.1 Å². The third-order valence-electron chi connectivity index (χ3n) is 6.98. The van der Waals surface area contributed by atoms with E-state index >= 15 is 0 Å². The third kappa shape index (κ3) is 3.26. The Labute approximate surface area is 159 Å². The number of carbonyl (C=O) groups is 2. The van der Waals surface area contributed by atoms with E-state index in [1.807, 2.05) is 4.90 Å². The van der Waals surface area contributed by atoms with Crippen LogP contribution in [0.4, 0.5) is 0 Å². The first-order valence-electron chi connectivity index (χ1n) is 10.3. The van der Waals surface area contributed by atoms with Gasteiger partial charge in [0.25, 0.3) is 5.91 Å². The van der Waals surface area contributed by atoms with Crippen LogP contribution in [0.25, 0.3) is 0 Å². The van der Waals surface area contributed by atoms with Crippen LogP contribution < -0.4 is 11.1 Å². The number of nitrogens with zero attached hydrogens (tertiary/aromatic N) is 2. The summed E-state index contributed by atoms with van der Waals surface area (Å²) in [5.41, 5.74) is 6.66. The van der Waals surface area contributed by atoms with E-state index in [1.165, 1.54) is 0 Å². The molecule has 1 saturated heterocycles. The number of rotatable bonds is 4. The average Bonchev–Trinajstić information content (AvgIpc) is 3.33. The minimum atomic E-state index is -0.169. The van der Waals surface area contributed by atoms with Gasteiger partial charge in [0.05, 0.1) is 0 Å². The first-order chi connectivity index (χ1) is 13.0. The van der Waals surface area contributed by atoms with Crippen LogP contribution >= 0.6 is 0 Å². The van der Waals surface area contributed by atoms with Gasteiger partial charge in [-0.2, -0.15) is 0 Å². The predicted octanol–water partition coefficient (Wildman–Crippen LogP) is 1.79. The maximum absolute atomic E-state index is 12.7. The lowest BCUT2D eigenvalue weighted by molar-refractivity contribution is -0.149. The summed E-state index contributed by atoms with van der Waals surface area (Å²) in [7, 11) is 0. The molecule has 5 rings (SSSR count). The van der Waals surface area contributed by atoms with Gasteiger partial charge in [0.15, 0.2) is 5.69 Å². The van der Waals surface area contributed by atoms with Gasteiger partial charge < -0.3 is 20.5 Å². The molecule has 0 aromatic carbocycles. The Morgan fingerprint density at radius 2 is 1.85 bits per heavy atom. The fourth-order valence-corrected chi connectivity index (χ4v) is 5.26. The van der Waals surface area contributed by atoms with Crippen LogP contribution in [0.1, 0.15) is 73.5 Å². The molecular weight excluding hydrogens is 344 g/mol. The number of carbonyl (C=O) groups excluding carboxylic acids is 2. The zero-order chi connectivity index (χ0) is 18.6. The van der Waals surface area contributed by atoms with E-state index in [4.69, 9.17) is 10.3 Å². The Bertz CT molecular complexity index is 734. The molecule has 1 aromatic heterocycles. The highest BCUT2D eigenvalue weighted by atomic mass is 16.5. The second kappa shape index (κ2) is 6.33. The summed E-state index contributed by atoms with van der Waals surface area (Å²) in [6.45, 7) is 1.44. The van der Waals surface area contributed by atoms with E-state index in [1.54, 1.807) is 6.07 Å². The number of nitrogens with two attached hydrogens (primary N) is 1. The molecular formula is C20H28N4O3. The van der Waals surface area contributed by atoms with Crippen LogP contribution in [0.2, 0.25) is 0 Å². The maximum atomic E-state index is 12.7. The molecule has 1 aromatic rings. The standard InChI is InChI=1S/C20H28N4O3/c21-14-10-20(11-14)8-13(9-20)19(26)24-5-3-15(4-6-24)22-18(25)16-7-17(27-23-16)12-1-2-12/h7,12-15H,1-6,8-11,21H2,(H,22,25). The number of amides is 2. The average molecular weight is 372 g/mol. The molecule has 146 valence electrons. The molecule has 4 fully saturated rings. The number of nitrogens with one attached hydrogen (secondary N) is 1. The Morgan fingerprint density at radius 3 is 2.48 bits per heavy atom. The van der Waals surface area contributed by atoms with E-state index in [0.717, 1.165) is 70.2 Å². The summed E-state index contributed by atoms with van der Waals surface area (Å²) in [5, 5.41) is 6.95. The highest BCUT2D eigenvalue weighted by molar-refractivity contribution is 5.92. The van der Waals surface area contributed by atoms with Crippen molar-refractivity contribution in [2.75, 3.05) is 13.1 Å². The summed E-state index contributed by atoms with van der Waals surface area (Å²) in [4.78, 5) is 27.0. The summed E-state index contributed by atoms with van der Waals surface area (Å²) < 4.78 is 5.26. The summed E-state index contributed by atoms with van der Waals surface area (Å²) in [6, 6.07) is 2.22. The van der Waals surface area contributed by atoms with Crippen molar-refractivity contribution in [3.63, 3.8) is 0 Å². The van der Waals surface area contributed by atoms with Crippen molar-refractivity contribution in [2.45, 2.75) is 69.4 Å².